The van der Waals surface area contributed by atoms with Crippen LogP contribution < -0.4 is 10.6 Å². The van der Waals surface area contributed by atoms with Crippen molar-refractivity contribution in [3.05, 3.63) is 35.6 Å². The van der Waals surface area contributed by atoms with Gasteiger partial charge in [0.25, 0.3) is 0 Å². The molecule has 3 nitrogen and oxygen atoms in total. The number of carbonyl (C=O) groups is 1. The van der Waals surface area contributed by atoms with Crippen molar-refractivity contribution in [1.82, 2.24) is 10.6 Å². The predicted octanol–water partition coefficient (Wildman–Crippen LogP) is 2.78. The summed E-state index contributed by atoms with van der Waals surface area (Å²) in [5, 5.41) is 6.11. The zero-order chi connectivity index (χ0) is 14.3. The molecule has 2 N–H and O–H groups in total. The molecular formula is C15H23FN2O. The van der Waals surface area contributed by atoms with Crippen LogP contribution in [0.1, 0.15) is 45.2 Å². The Morgan fingerprint density at radius 3 is 2.32 bits per heavy atom. The lowest BCUT2D eigenvalue weighted by Gasteiger charge is -2.17. The number of rotatable bonds is 7. The van der Waals surface area contributed by atoms with Crippen LogP contribution in [0.2, 0.25) is 0 Å². The largest absolute Gasteiger partial charge is 0.352 e. The first-order valence-corrected chi connectivity index (χ1v) is 6.85. The van der Waals surface area contributed by atoms with Crippen molar-refractivity contribution < 1.29 is 9.18 Å². The Kier molecular flexibility index (Phi) is 6.50. The molecule has 0 spiro atoms. The molecule has 0 aliphatic rings. The Morgan fingerprint density at radius 2 is 1.79 bits per heavy atom. The van der Waals surface area contributed by atoms with Gasteiger partial charge in [0.15, 0.2) is 0 Å². The van der Waals surface area contributed by atoms with Gasteiger partial charge in [-0.3, -0.25) is 4.79 Å². The Hall–Kier alpha value is -1.42. The molecule has 0 unspecified atom stereocenters. The Balaban J connectivity index is 2.39. The highest BCUT2D eigenvalue weighted by atomic mass is 19.1. The van der Waals surface area contributed by atoms with Crippen LogP contribution in [0.4, 0.5) is 4.39 Å². The molecule has 1 amide bonds. The number of halogens is 1. The molecule has 19 heavy (non-hydrogen) atoms. The monoisotopic (exact) mass is 266 g/mol. The summed E-state index contributed by atoms with van der Waals surface area (Å²) in [5.74, 6) is -0.245. The van der Waals surface area contributed by atoms with E-state index >= 15 is 0 Å². The van der Waals surface area contributed by atoms with E-state index in [9.17, 15) is 9.18 Å². The summed E-state index contributed by atoms with van der Waals surface area (Å²) in [6.45, 7) is 6.35. The normalized spacial score (nSPS) is 12.5. The third kappa shape index (κ3) is 5.39. The summed E-state index contributed by atoms with van der Waals surface area (Å²) in [6.07, 6.45) is 1.88. The molecule has 1 rings (SSSR count). The number of hydrogen-bond acceptors (Lipinski definition) is 2. The van der Waals surface area contributed by atoms with E-state index in [1.165, 1.54) is 12.1 Å². The highest BCUT2D eigenvalue weighted by Gasteiger charge is 2.10. The third-order valence-electron chi connectivity index (χ3n) is 3.29. The number of nitrogens with one attached hydrogen (secondary N) is 2. The van der Waals surface area contributed by atoms with Crippen LogP contribution in [0.5, 0.6) is 0 Å². The van der Waals surface area contributed by atoms with Crippen molar-refractivity contribution in [2.45, 2.75) is 45.7 Å². The summed E-state index contributed by atoms with van der Waals surface area (Å²) in [6, 6.07) is 6.58. The molecule has 0 fully saturated rings. The molecule has 0 radical (unpaired) electrons. The van der Waals surface area contributed by atoms with E-state index in [1.54, 1.807) is 12.1 Å². The van der Waals surface area contributed by atoms with E-state index in [4.69, 9.17) is 0 Å². The molecule has 0 bridgehead atoms. The first-order valence-electron chi connectivity index (χ1n) is 6.85. The van der Waals surface area contributed by atoms with Gasteiger partial charge in [0.1, 0.15) is 5.82 Å². The van der Waals surface area contributed by atoms with Crippen LogP contribution in [0.15, 0.2) is 24.3 Å². The van der Waals surface area contributed by atoms with Crippen molar-refractivity contribution in [2.75, 3.05) is 6.54 Å². The maximum atomic E-state index is 12.8. The van der Waals surface area contributed by atoms with Gasteiger partial charge in [-0.1, -0.05) is 26.0 Å². The second kappa shape index (κ2) is 7.89. The van der Waals surface area contributed by atoms with E-state index in [2.05, 4.69) is 24.5 Å². The molecule has 1 atom stereocenters. The summed E-state index contributed by atoms with van der Waals surface area (Å²) in [5.41, 5.74) is 0.969. The molecule has 1 aromatic rings. The average molecular weight is 266 g/mol. The zero-order valence-corrected chi connectivity index (χ0v) is 11.9. The first kappa shape index (κ1) is 15.6. The molecule has 0 saturated carbocycles. The number of benzene rings is 1. The minimum absolute atomic E-state index is 0.00246. The molecule has 0 heterocycles. The lowest BCUT2D eigenvalue weighted by Crippen LogP contribution is -2.40. The topological polar surface area (TPSA) is 41.1 Å². The maximum Gasteiger partial charge on any atom is 0.234 e. The fourth-order valence-corrected chi connectivity index (χ4v) is 1.89. The van der Waals surface area contributed by atoms with E-state index < -0.39 is 0 Å². The highest BCUT2D eigenvalue weighted by molar-refractivity contribution is 5.78. The van der Waals surface area contributed by atoms with Crippen LogP contribution >= 0.6 is 0 Å². The van der Waals surface area contributed by atoms with Gasteiger partial charge >= 0.3 is 0 Å². The van der Waals surface area contributed by atoms with Crippen LogP contribution in [0.3, 0.4) is 0 Å². The molecule has 106 valence electrons. The molecule has 0 aliphatic carbocycles. The molecule has 0 aromatic heterocycles. The highest BCUT2D eigenvalue weighted by Crippen LogP contribution is 2.12. The summed E-state index contributed by atoms with van der Waals surface area (Å²) in [4.78, 5) is 11.7. The lowest BCUT2D eigenvalue weighted by atomic mass is 10.1. The Bertz CT molecular complexity index is 388. The zero-order valence-electron chi connectivity index (χ0n) is 11.9. The second-order valence-electron chi connectivity index (χ2n) is 4.74. The number of hydrogen-bond donors (Lipinski definition) is 2. The van der Waals surface area contributed by atoms with Gasteiger partial charge in [-0.25, -0.2) is 4.39 Å². The van der Waals surface area contributed by atoms with Gasteiger partial charge in [-0.15, -0.1) is 0 Å². The molecular weight excluding hydrogens is 243 g/mol. The van der Waals surface area contributed by atoms with Gasteiger partial charge < -0.3 is 10.6 Å². The Labute approximate surface area is 114 Å². The standard InChI is InChI=1S/C15H23FN2O/c1-4-14(5-2)18-15(19)10-17-11(3)12-6-8-13(16)9-7-12/h6-9,11,14,17H,4-5,10H2,1-3H3,(H,18,19)/t11-/m0/s1. The summed E-state index contributed by atoms with van der Waals surface area (Å²) in [7, 11) is 0. The van der Waals surface area contributed by atoms with Crippen LogP contribution in [0, 0.1) is 5.82 Å². The fourth-order valence-electron chi connectivity index (χ4n) is 1.89. The number of carbonyl (C=O) groups excluding carboxylic acids is 1. The van der Waals surface area contributed by atoms with E-state index in [-0.39, 0.29) is 30.4 Å². The molecule has 0 aliphatic heterocycles. The van der Waals surface area contributed by atoms with Crippen molar-refractivity contribution in [2.24, 2.45) is 0 Å². The maximum absolute atomic E-state index is 12.8. The third-order valence-corrected chi connectivity index (χ3v) is 3.29. The summed E-state index contributed by atoms with van der Waals surface area (Å²) >= 11 is 0. The molecule has 0 saturated heterocycles. The SMILES string of the molecule is CCC(CC)NC(=O)CN[C@@H](C)c1ccc(F)cc1. The summed E-state index contributed by atoms with van der Waals surface area (Å²) < 4.78 is 12.8. The van der Waals surface area contributed by atoms with Crippen LogP contribution in [-0.4, -0.2) is 18.5 Å². The van der Waals surface area contributed by atoms with Gasteiger partial charge in [0, 0.05) is 12.1 Å². The first-order chi connectivity index (χ1) is 9.06. The van der Waals surface area contributed by atoms with E-state index in [0.717, 1.165) is 18.4 Å². The van der Waals surface area contributed by atoms with Crippen molar-refractivity contribution in [1.29, 1.82) is 0 Å². The second-order valence-corrected chi connectivity index (χ2v) is 4.74. The van der Waals surface area contributed by atoms with Crippen LogP contribution in [0.25, 0.3) is 0 Å². The van der Waals surface area contributed by atoms with E-state index in [0.29, 0.717) is 0 Å². The van der Waals surface area contributed by atoms with Gasteiger partial charge in [-0.05, 0) is 37.5 Å². The molecule has 1 aromatic carbocycles. The Morgan fingerprint density at radius 1 is 1.21 bits per heavy atom. The van der Waals surface area contributed by atoms with Crippen LogP contribution in [-0.2, 0) is 4.79 Å². The van der Waals surface area contributed by atoms with Gasteiger partial charge in [-0.2, -0.15) is 0 Å². The van der Waals surface area contributed by atoms with Gasteiger partial charge in [0.2, 0.25) is 5.91 Å². The average Bonchev–Trinajstić information content (AvgIpc) is 2.43. The fraction of sp³-hybridized carbons (Fsp3) is 0.533. The quantitative estimate of drug-likeness (QED) is 0.796. The minimum Gasteiger partial charge on any atom is -0.352 e. The van der Waals surface area contributed by atoms with E-state index in [1.807, 2.05) is 6.92 Å². The van der Waals surface area contributed by atoms with Crippen molar-refractivity contribution in [3.8, 4) is 0 Å². The van der Waals surface area contributed by atoms with Gasteiger partial charge in [0.05, 0.1) is 6.54 Å². The predicted molar refractivity (Wildman–Crippen MR) is 75.3 cm³/mol. The minimum atomic E-state index is -0.248. The number of amides is 1. The lowest BCUT2D eigenvalue weighted by molar-refractivity contribution is -0.121. The van der Waals surface area contributed by atoms with Crippen molar-refractivity contribution >= 4 is 5.91 Å². The smallest absolute Gasteiger partial charge is 0.234 e. The molecule has 4 heteroatoms. The van der Waals surface area contributed by atoms with Crippen molar-refractivity contribution in [3.63, 3.8) is 0 Å².